The molecule has 0 atom stereocenters. The molecule has 19 heavy (non-hydrogen) atoms. The summed E-state index contributed by atoms with van der Waals surface area (Å²) < 4.78 is 16.3. The minimum atomic E-state index is 0.196. The Bertz CT molecular complexity index is 563. The first-order valence-corrected chi connectivity index (χ1v) is 6.08. The second-order valence-electron chi connectivity index (χ2n) is 3.48. The van der Waals surface area contributed by atoms with E-state index in [1.807, 2.05) is 25.1 Å². The third-order valence-electron chi connectivity index (χ3n) is 2.29. The highest BCUT2D eigenvalue weighted by molar-refractivity contribution is 6.31. The lowest BCUT2D eigenvalue weighted by Crippen LogP contribution is -1.98. The van der Waals surface area contributed by atoms with E-state index >= 15 is 0 Å². The van der Waals surface area contributed by atoms with Gasteiger partial charge in [-0.05, 0) is 19.1 Å². The molecule has 0 fully saturated rings. The maximum Gasteiger partial charge on any atom is 0.267 e. The molecule has 2 rings (SSSR count). The van der Waals surface area contributed by atoms with Gasteiger partial charge in [-0.25, -0.2) is 4.98 Å². The van der Waals surface area contributed by atoms with E-state index in [2.05, 4.69) is 9.97 Å². The Morgan fingerprint density at radius 3 is 2.58 bits per heavy atom. The van der Waals surface area contributed by atoms with Crippen molar-refractivity contribution in [2.24, 2.45) is 0 Å². The van der Waals surface area contributed by atoms with Crippen LogP contribution < -0.4 is 14.2 Å². The van der Waals surface area contributed by atoms with Crippen LogP contribution in [0, 0.1) is 0 Å². The Labute approximate surface area is 116 Å². The molecule has 0 spiro atoms. The molecule has 2 aromatic rings. The molecule has 5 nitrogen and oxygen atoms in total. The minimum Gasteiger partial charge on any atom is -0.490 e. The molecule has 0 aliphatic heterocycles. The van der Waals surface area contributed by atoms with Crippen molar-refractivity contribution < 1.29 is 14.2 Å². The Hall–Kier alpha value is -2.01. The van der Waals surface area contributed by atoms with Gasteiger partial charge in [0.15, 0.2) is 16.7 Å². The first-order valence-electron chi connectivity index (χ1n) is 5.70. The fourth-order valence-electron chi connectivity index (χ4n) is 1.50. The summed E-state index contributed by atoms with van der Waals surface area (Å²) in [6, 6.07) is 7.30. The molecule has 1 heterocycles. The van der Waals surface area contributed by atoms with Gasteiger partial charge in [0.05, 0.1) is 13.7 Å². The quantitative estimate of drug-likeness (QED) is 0.786. The summed E-state index contributed by atoms with van der Waals surface area (Å²) in [5.74, 6) is 1.70. The lowest BCUT2D eigenvalue weighted by Gasteiger charge is -2.12. The molecule has 0 N–H and O–H groups in total. The van der Waals surface area contributed by atoms with Gasteiger partial charge >= 0.3 is 0 Å². The van der Waals surface area contributed by atoms with Crippen LogP contribution in [0.15, 0.2) is 30.6 Å². The van der Waals surface area contributed by atoms with E-state index in [4.69, 9.17) is 25.8 Å². The van der Waals surface area contributed by atoms with Crippen LogP contribution in [-0.4, -0.2) is 23.7 Å². The largest absolute Gasteiger partial charge is 0.490 e. The van der Waals surface area contributed by atoms with Gasteiger partial charge in [0, 0.05) is 0 Å². The van der Waals surface area contributed by atoms with Crippen LogP contribution >= 0.6 is 11.6 Å². The summed E-state index contributed by atoms with van der Waals surface area (Å²) in [6.07, 6.45) is 1.31. The van der Waals surface area contributed by atoms with Crippen LogP contribution in [-0.2, 0) is 0 Å². The number of nitrogens with zero attached hydrogens (tertiary/aromatic N) is 2. The molecular formula is C13H13ClN2O3. The van der Waals surface area contributed by atoms with E-state index in [1.54, 1.807) is 6.07 Å². The fraction of sp³-hybridized carbons (Fsp3) is 0.231. The molecule has 1 aromatic carbocycles. The van der Waals surface area contributed by atoms with Crippen molar-refractivity contribution >= 4 is 11.6 Å². The average Bonchev–Trinajstić information content (AvgIpc) is 2.41. The van der Waals surface area contributed by atoms with E-state index in [0.29, 0.717) is 18.1 Å². The zero-order valence-electron chi connectivity index (χ0n) is 10.6. The van der Waals surface area contributed by atoms with Crippen LogP contribution in [0.3, 0.4) is 0 Å². The van der Waals surface area contributed by atoms with Crippen molar-refractivity contribution in [3.63, 3.8) is 0 Å². The topological polar surface area (TPSA) is 53.5 Å². The molecule has 0 saturated carbocycles. The number of ether oxygens (including phenoxy) is 3. The van der Waals surface area contributed by atoms with E-state index in [9.17, 15) is 0 Å². The van der Waals surface area contributed by atoms with Gasteiger partial charge in [0.2, 0.25) is 5.75 Å². The number of benzene rings is 1. The van der Waals surface area contributed by atoms with Crippen molar-refractivity contribution in [2.75, 3.05) is 13.7 Å². The van der Waals surface area contributed by atoms with E-state index in [-0.39, 0.29) is 16.8 Å². The molecule has 0 radical (unpaired) electrons. The van der Waals surface area contributed by atoms with Crippen molar-refractivity contribution in [1.82, 2.24) is 9.97 Å². The second-order valence-corrected chi connectivity index (χ2v) is 3.84. The van der Waals surface area contributed by atoms with Crippen LogP contribution in [0.5, 0.6) is 23.1 Å². The molecule has 0 aliphatic rings. The zero-order chi connectivity index (χ0) is 13.7. The van der Waals surface area contributed by atoms with E-state index in [0.717, 1.165) is 0 Å². The van der Waals surface area contributed by atoms with E-state index < -0.39 is 0 Å². The minimum absolute atomic E-state index is 0.196. The highest BCUT2D eigenvalue weighted by Crippen LogP contribution is 2.37. The average molecular weight is 281 g/mol. The van der Waals surface area contributed by atoms with Crippen LogP contribution in [0.25, 0.3) is 0 Å². The number of hydrogen-bond acceptors (Lipinski definition) is 5. The van der Waals surface area contributed by atoms with Crippen molar-refractivity contribution in [1.29, 1.82) is 0 Å². The molecule has 100 valence electrons. The number of hydrogen-bond donors (Lipinski definition) is 0. The molecule has 6 heteroatoms. The van der Waals surface area contributed by atoms with Crippen molar-refractivity contribution in [3.8, 4) is 23.1 Å². The smallest absolute Gasteiger partial charge is 0.267 e. The molecule has 0 aliphatic carbocycles. The number of aromatic nitrogens is 2. The lowest BCUT2D eigenvalue weighted by atomic mass is 10.3. The van der Waals surface area contributed by atoms with Crippen LogP contribution in [0.2, 0.25) is 5.15 Å². The predicted molar refractivity (Wildman–Crippen MR) is 71.3 cm³/mol. The molecule has 0 amide bonds. The maximum atomic E-state index is 5.91. The number of rotatable bonds is 5. The first kappa shape index (κ1) is 13.4. The Balaban J connectivity index is 2.33. The molecule has 0 bridgehead atoms. The van der Waals surface area contributed by atoms with Gasteiger partial charge in [-0.1, -0.05) is 23.7 Å². The predicted octanol–water partition coefficient (Wildman–Crippen LogP) is 3.33. The molecule has 0 saturated heterocycles. The van der Waals surface area contributed by atoms with Gasteiger partial charge in [0.25, 0.3) is 5.88 Å². The SMILES string of the molecule is CCOc1ccccc1Oc1ncnc(Cl)c1OC. The fourth-order valence-corrected chi connectivity index (χ4v) is 1.70. The number of para-hydroxylation sites is 2. The third-order valence-corrected chi connectivity index (χ3v) is 2.56. The van der Waals surface area contributed by atoms with E-state index in [1.165, 1.54) is 13.4 Å². The third kappa shape index (κ3) is 3.06. The van der Waals surface area contributed by atoms with Gasteiger partial charge in [-0.2, -0.15) is 4.98 Å². The number of methoxy groups -OCH3 is 1. The standard InChI is InChI=1S/C13H13ClN2O3/c1-3-18-9-6-4-5-7-10(9)19-13-11(17-2)12(14)15-8-16-13/h4-8H,3H2,1-2H3. The number of halogens is 1. The van der Waals surface area contributed by atoms with Crippen LogP contribution in [0.1, 0.15) is 6.92 Å². The summed E-state index contributed by atoms with van der Waals surface area (Å²) >= 11 is 5.91. The normalized spacial score (nSPS) is 10.1. The summed E-state index contributed by atoms with van der Waals surface area (Å²) in [7, 11) is 1.48. The van der Waals surface area contributed by atoms with Gasteiger partial charge < -0.3 is 14.2 Å². The highest BCUT2D eigenvalue weighted by atomic mass is 35.5. The van der Waals surface area contributed by atoms with Crippen molar-refractivity contribution in [2.45, 2.75) is 6.92 Å². The van der Waals surface area contributed by atoms with Crippen LogP contribution in [0.4, 0.5) is 0 Å². The summed E-state index contributed by atoms with van der Waals surface area (Å²) in [5, 5.41) is 0.196. The zero-order valence-corrected chi connectivity index (χ0v) is 11.3. The second kappa shape index (κ2) is 6.24. The van der Waals surface area contributed by atoms with Gasteiger partial charge in [0.1, 0.15) is 6.33 Å². The maximum absolute atomic E-state index is 5.91. The highest BCUT2D eigenvalue weighted by Gasteiger charge is 2.14. The van der Waals surface area contributed by atoms with Crippen molar-refractivity contribution in [3.05, 3.63) is 35.7 Å². The Morgan fingerprint density at radius 2 is 1.89 bits per heavy atom. The van der Waals surface area contributed by atoms with Gasteiger partial charge in [-0.3, -0.25) is 0 Å². The molecular weight excluding hydrogens is 268 g/mol. The molecule has 0 unspecified atom stereocenters. The summed E-state index contributed by atoms with van der Waals surface area (Å²) in [4.78, 5) is 7.84. The monoisotopic (exact) mass is 280 g/mol. The Kier molecular flexibility index (Phi) is 4.41. The summed E-state index contributed by atoms with van der Waals surface area (Å²) in [6.45, 7) is 2.45. The van der Waals surface area contributed by atoms with Gasteiger partial charge in [-0.15, -0.1) is 0 Å². The molecule has 1 aromatic heterocycles. The summed E-state index contributed by atoms with van der Waals surface area (Å²) in [5.41, 5.74) is 0. The first-order chi connectivity index (χ1) is 9.26. The lowest BCUT2D eigenvalue weighted by molar-refractivity contribution is 0.313. The Morgan fingerprint density at radius 1 is 1.16 bits per heavy atom.